The van der Waals surface area contributed by atoms with Crippen LogP contribution in [0, 0.1) is 5.92 Å². The topological polar surface area (TPSA) is 45.8 Å². The van der Waals surface area contributed by atoms with E-state index in [1.165, 1.54) is 0 Å². The number of nitrogens with zero attached hydrogens (tertiary/aromatic N) is 1. The van der Waals surface area contributed by atoms with Gasteiger partial charge in [-0.2, -0.15) is 5.10 Å². The summed E-state index contributed by atoms with van der Waals surface area (Å²) in [6, 6.07) is 0. The number of nitrogens with one attached hydrogen (secondary N) is 1. The maximum absolute atomic E-state index is 11.8. The number of halogens is 1. The van der Waals surface area contributed by atoms with Crippen molar-refractivity contribution < 1.29 is 4.79 Å². The highest BCUT2D eigenvalue weighted by Crippen LogP contribution is 2.42. The number of hydrogen-bond donors (Lipinski definition) is 1. The summed E-state index contributed by atoms with van der Waals surface area (Å²) < 4.78 is 0. The van der Waals surface area contributed by atoms with Crippen molar-refractivity contribution in [1.29, 1.82) is 0 Å². The van der Waals surface area contributed by atoms with Gasteiger partial charge in [-0.1, -0.05) is 25.4 Å². The minimum atomic E-state index is -0.0254. The van der Waals surface area contributed by atoms with E-state index in [0.29, 0.717) is 16.6 Å². The first-order chi connectivity index (χ1) is 6.61. The average Bonchev–Trinajstić information content (AvgIpc) is 2.89. The fraction of sp³-hybridized carbons (Fsp3) is 0.600. The third kappa shape index (κ3) is 1.57. The molecule has 0 saturated heterocycles. The highest BCUT2D eigenvalue weighted by atomic mass is 35.5. The number of ketones is 1. The monoisotopic (exact) mass is 212 g/mol. The number of rotatable bonds is 3. The summed E-state index contributed by atoms with van der Waals surface area (Å²) in [5.74, 6) is 0.543. The SMILES string of the molecule is CC(C)C(=O)c1c(Cl)n[nH]c1C1CC1. The van der Waals surface area contributed by atoms with E-state index in [0.717, 1.165) is 18.5 Å². The van der Waals surface area contributed by atoms with Crippen molar-refractivity contribution >= 4 is 17.4 Å². The zero-order valence-corrected chi connectivity index (χ0v) is 9.06. The molecule has 0 atom stereocenters. The number of aromatic nitrogens is 2. The molecule has 1 N–H and O–H groups in total. The van der Waals surface area contributed by atoms with Gasteiger partial charge >= 0.3 is 0 Å². The van der Waals surface area contributed by atoms with Crippen molar-refractivity contribution in [3.05, 3.63) is 16.4 Å². The molecule has 2 rings (SSSR count). The van der Waals surface area contributed by atoms with Gasteiger partial charge in [0.25, 0.3) is 0 Å². The fourth-order valence-electron chi connectivity index (χ4n) is 1.52. The van der Waals surface area contributed by atoms with Crippen LogP contribution >= 0.6 is 11.6 Å². The number of aromatic amines is 1. The molecule has 1 saturated carbocycles. The Labute approximate surface area is 87.8 Å². The summed E-state index contributed by atoms with van der Waals surface area (Å²) in [5.41, 5.74) is 1.55. The van der Waals surface area contributed by atoms with E-state index in [-0.39, 0.29) is 11.7 Å². The highest BCUT2D eigenvalue weighted by Gasteiger charge is 2.32. The molecular formula is C10H13ClN2O. The van der Waals surface area contributed by atoms with Gasteiger partial charge in [0.15, 0.2) is 10.9 Å². The summed E-state index contributed by atoms with van der Waals surface area (Å²) in [4.78, 5) is 11.8. The zero-order valence-electron chi connectivity index (χ0n) is 8.30. The Balaban J connectivity index is 2.38. The average molecular weight is 213 g/mol. The van der Waals surface area contributed by atoms with Gasteiger partial charge in [0.2, 0.25) is 0 Å². The van der Waals surface area contributed by atoms with E-state index in [1.807, 2.05) is 13.8 Å². The molecule has 0 spiro atoms. The second-order valence-corrected chi connectivity index (χ2v) is 4.45. The Morgan fingerprint density at radius 1 is 1.57 bits per heavy atom. The molecule has 0 bridgehead atoms. The standard InChI is InChI=1S/C10H13ClN2O/c1-5(2)9(14)7-8(6-3-4-6)12-13-10(7)11/h5-6H,3-4H2,1-2H3,(H,12,13). The van der Waals surface area contributed by atoms with Gasteiger partial charge in [0.05, 0.1) is 11.3 Å². The molecule has 14 heavy (non-hydrogen) atoms. The molecule has 0 amide bonds. The molecule has 1 aromatic rings. The van der Waals surface area contributed by atoms with Crippen molar-refractivity contribution in [1.82, 2.24) is 10.2 Å². The Morgan fingerprint density at radius 3 is 2.71 bits per heavy atom. The van der Waals surface area contributed by atoms with E-state index in [4.69, 9.17) is 11.6 Å². The zero-order chi connectivity index (χ0) is 10.3. The highest BCUT2D eigenvalue weighted by molar-refractivity contribution is 6.33. The van der Waals surface area contributed by atoms with Crippen molar-refractivity contribution in [2.45, 2.75) is 32.6 Å². The number of H-pyrrole nitrogens is 1. The summed E-state index contributed by atoms with van der Waals surface area (Å²) in [6.07, 6.45) is 2.27. The van der Waals surface area contributed by atoms with Gasteiger partial charge in [0.1, 0.15) is 0 Å². The normalized spacial score (nSPS) is 16.3. The van der Waals surface area contributed by atoms with Gasteiger partial charge in [-0.25, -0.2) is 0 Å². The molecule has 1 aliphatic rings. The molecule has 1 aliphatic carbocycles. The quantitative estimate of drug-likeness (QED) is 0.784. The first-order valence-corrected chi connectivity index (χ1v) is 5.27. The van der Waals surface area contributed by atoms with Gasteiger partial charge in [-0.3, -0.25) is 9.89 Å². The molecule has 3 nitrogen and oxygen atoms in total. The van der Waals surface area contributed by atoms with Crippen LogP contribution in [0.3, 0.4) is 0 Å². The Morgan fingerprint density at radius 2 is 2.21 bits per heavy atom. The third-order valence-corrected chi connectivity index (χ3v) is 2.78. The second kappa shape index (κ2) is 3.39. The number of carbonyl (C=O) groups excluding carboxylic acids is 1. The number of hydrogen-bond acceptors (Lipinski definition) is 2. The Kier molecular flexibility index (Phi) is 2.35. The lowest BCUT2D eigenvalue weighted by Gasteiger charge is -2.04. The van der Waals surface area contributed by atoms with Crippen LogP contribution in [0.4, 0.5) is 0 Å². The third-order valence-electron chi connectivity index (χ3n) is 2.51. The Hall–Kier alpha value is -0.830. The number of carbonyl (C=O) groups is 1. The lowest BCUT2D eigenvalue weighted by molar-refractivity contribution is 0.0938. The summed E-state index contributed by atoms with van der Waals surface area (Å²) in [6.45, 7) is 3.75. The first-order valence-electron chi connectivity index (χ1n) is 4.89. The minimum absolute atomic E-state index is 0.0254. The summed E-state index contributed by atoms with van der Waals surface area (Å²) in [5, 5.41) is 7.09. The summed E-state index contributed by atoms with van der Waals surface area (Å²) >= 11 is 5.89. The van der Waals surface area contributed by atoms with Gasteiger partial charge in [-0.15, -0.1) is 0 Å². The van der Waals surface area contributed by atoms with Gasteiger partial charge in [-0.05, 0) is 12.8 Å². The van der Waals surface area contributed by atoms with E-state index in [1.54, 1.807) is 0 Å². The van der Waals surface area contributed by atoms with Crippen LogP contribution in [-0.2, 0) is 0 Å². The molecule has 1 fully saturated rings. The van der Waals surface area contributed by atoms with Crippen LogP contribution in [0.15, 0.2) is 0 Å². The van der Waals surface area contributed by atoms with Crippen LogP contribution in [0.5, 0.6) is 0 Å². The molecule has 0 radical (unpaired) electrons. The molecule has 76 valence electrons. The van der Waals surface area contributed by atoms with Crippen molar-refractivity contribution in [3.8, 4) is 0 Å². The van der Waals surface area contributed by atoms with Gasteiger partial charge in [0, 0.05) is 11.8 Å². The van der Waals surface area contributed by atoms with Crippen LogP contribution in [0.1, 0.15) is 48.7 Å². The van der Waals surface area contributed by atoms with Crippen LogP contribution in [0.25, 0.3) is 0 Å². The van der Waals surface area contributed by atoms with Gasteiger partial charge < -0.3 is 0 Å². The van der Waals surface area contributed by atoms with E-state index >= 15 is 0 Å². The predicted octanol–water partition coefficient (Wildman–Crippen LogP) is 2.78. The summed E-state index contributed by atoms with van der Waals surface area (Å²) in [7, 11) is 0. The van der Waals surface area contributed by atoms with E-state index in [9.17, 15) is 4.79 Å². The molecular weight excluding hydrogens is 200 g/mol. The maximum atomic E-state index is 11.8. The molecule has 0 unspecified atom stereocenters. The lowest BCUT2D eigenvalue weighted by Crippen LogP contribution is -2.09. The molecule has 1 heterocycles. The predicted molar refractivity (Wildman–Crippen MR) is 54.7 cm³/mol. The van der Waals surface area contributed by atoms with Crippen molar-refractivity contribution in [2.75, 3.05) is 0 Å². The fourth-order valence-corrected chi connectivity index (χ4v) is 1.76. The minimum Gasteiger partial charge on any atom is -0.294 e. The maximum Gasteiger partial charge on any atom is 0.170 e. The molecule has 0 aliphatic heterocycles. The van der Waals surface area contributed by atoms with Crippen LogP contribution in [0.2, 0.25) is 5.15 Å². The first kappa shape index (κ1) is 9.71. The van der Waals surface area contributed by atoms with Crippen LogP contribution < -0.4 is 0 Å². The Bertz CT molecular complexity index is 366. The molecule has 1 aromatic heterocycles. The number of Topliss-reactive ketones (excluding diaryl/α,β-unsaturated/α-hetero) is 1. The second-order valence-electron chi connectivity index (χ2n) is 4.10. The van der Waals surface area contributed by atoms with E-state index in [2.05, 4.69) is 10.2 Å². The van der Waals surface area contributed by atoms with Crippen LogP contribution in [-0.4, -0.2) is 16.0 Å². The largest absolute Gasteiger partial charge is 0.294 e. The molecule has 0 aromatic carbocycles. The smallest absolute Gasteiger partial charge is 0.170 e. The van der Waals surface area contributed by atoms with Crippen molar-refractivity contribution in [3.63, 3.8) is 0 Å². The lowest BCUT2D eigenvalue weighted by atomic mass is 10.0. The molecule has 4 heteroatoms. The van der Waals surface area contributed by atoms with E-state index < -0.39 is 0 Å². The van der Waals surface area contributed by atoms with Crippen molar-refractivity contribution in [2.24, 2.45) is 5.92 Å².